The maximum Gasteiger partial charge on any atom is 0.313 e. The first-order chi connectivity index (χ1) is 22.3. The molecule has 0 saturated carbocycles. The van der Waals surface area contributed by atoms with Crippen LogP contribution < -0.4 is 5.32 Å². The third-order valence-electron chi connectivity index (χ3n) is 9.76. The average molecular weight is 637 g/mol. The number of likely N-dealkylation sites (tertiary alicyclic amines) is 1. The fourth-order valence-electron chi connectivity index (χ4n) is 7.47. The van der Waals surface area contributed by atoms with E-state index in [-0.39, 0.29) is 31.4 Å². The normalized spacial score (nSPS) is 33.6. The number of esters is 1. The number of morpholine rings is 1. The number of aliphatic hydroxyl groups excluding tert-OH is 1. The van der Waals surface area contributed by atoms with Gasteiger partial charge in [0.2, 0.25) is 17.7 Å². The molecule has 1 aromatic carbocycles. The van der Waals surface area contributed by atoms with E-state index < -0.39 is 53.6 Å². The topological polar surface area (TPSA) is 138 Å². The zero-order valence-electron chi connectivity index (χ0n) is 26.3. The zero-order chi connectivity index (χ0) is 32.3. The highest BCUT2D eigenvalue weighted by Crippen LogP contribution is 2.53. The number of benzene rings is 1. The van der Waals surface area contributed by atoms with Crippen molar-refractivity contribution in [3.63, 3.8) is 0 Å². The Morgan fingerprint density at radius 1 is 1.04 bits per heavy atom. The number of fused-ring (bicyclic) bond motifs is 2. The van der Waals surface area contributed by atoms with Crippen LogP contribution in [-0.2, 0) is 39.8 Å². The summed E-state index contributed by atoms with van der Waals surface area (Å²) in [5.74, 6) is -3.54. The van der Waals surface area contributed by atoms with Crippen molar-refractivity contribution in [2.24, 2.45) is 11.8 Å². The van der Waals surface area contributed by atoms with Gasteiger partial charge in [0.15, 0.2) is 0 Å². The molecule has 0 radical (unpaired) electrons. The van der Waals surface area contributed by atoms with Crippen molar-refractivity contribution in [3.8, 4) is 0 Å². The fourth-order valence-corrected chi connectivity index (χ4v) is 7.47. The molecular weight excluding hydrogens is 592 g/mol. The van der Waals surface area contributed by atoms with Crippen LogP contribution in [0.5, 0.6) is 0 Å². The molecule has 3 amide bonds. The second kappa shape index (κ2) is 14.0. The average Bonchev–Trinajstić information content (AvgIpc) is 3.46. The van der Waals surface area contributed by atoms with Crippen LogP contribution in [0.1, 0.15) is 25.3 Å². The Morgan fingerprint density at radius 2 is 1.83 bits per heavy atom. The molecule has 5 aliphatic rings. The standard InChI is InChI=1S/C34H44N4O8/c1-23-21-35-27(40)11-6-5-10-26-28(33(43)45-23)29-31(41)38(25(22-39)20-24-8-3-2-4-9-24)30-32(42)37(13-7-12-34(29,30)46-26)15-14-36-16-18-44-19-17-36/h2-5,7-10,12,23,25-26,28-30,39H,6,11,13-22H2,1H3,(H,35,40)/b10-5-/t23-,25-,26-,28+,29+,30-,34+/m1/s1. The minimum Gasteiger partial charge on any atom is -0.460 e. The fraction of sp³-hybridized carbons (Fsp3) is 0.588. The predicted octanol–water partition coefficient (Wildman–Crippen LogP) is 0.299. The number of nitrogens with zero attached hydrogens (tertiary/aromatic N) is 3. The summed E-state index contributed by atoms with van der Waals surface area (Å²) < 4.78 is 18.0. The lowest BCUT2D eigenvalue weighted by atomic mass is 9.78. The summed E-state index contributed by atoms with van der Waals surface area (Å²) in [7, 11) is 0. The van der Waals surface area contributed by atoms with E-state index >= 15 is 0 Å². The van der Waals surface area contributed by atoms with Crippen molar-refractivity contribution in [3.05, 3.63) is 60.2 Å². The van der Waals surface area contributed by atoms with Gasteiger partial charge in [0.05, 0.1) is 44.4 Å². The Morgan fingerprint density at radius 3 is 2.59 bits per heavy atom. The molecule has 2 N–H and O–H groups in total. The van der Waals surface area contributed by atoms with Gasteiger partial charge in [0, 0.05) is 39.1 Å². The molecule has 1 aromatic rings. The number of ether oxygens (including phenoxy) is 3. The van der Waals surface area contributed by atoms with E-state index in [0.717, 1.165) is 18.7 Å². The maximum absolute atomic E-state index is 14.7. The highest BCUT2D eigenvalue weighted by atomic mass is 16.6. The molecule has 1 spiro atoms. The molecule has 248 valence electrons. The number of nitrogens with one attached hydrogen (secondary N) is 1. The van der Waals surface area contributed by atoms with E-state index in [4.69, 9.17) is 14.2 Å². The quantitative estimate of drug-likeness (QED) is 0.320. The Kier molecular flexibility index (Phi) is 9.88. The van der Waals surface area contributed by atoms with Crippen molar-refractivity contribution in [2.45, 2.75) is 56.1 Å². The van der Waals surface area contributed by atoms with Crippen LogP contribution >= 0.6 is 0 Å². The number of cyclic esters (lactones) is 1. The lowest BCUT2D eigenvalue weighted by Gasteiger charge is -2.39. The molecule has 46 heavy (non-hydrogen) atoms. The number of aliphatic hydroxyl groups is 1. The third-order valence-corrected chi connectivity index (χ3v) is 9.76. The van der Waals surface area contributed by atoms with Gasteiger partial charge in [-0.3, -0.25) is 24.1 Å². The van der Waals surface area contributed by atoms with E-state index in [1.165, 1.54) is 4.90 Å². The van der Waals surface area contributed by atoms with Crippen LogP contribution in [0.15, 0.2) is 54.6 Å². The van der Waals surface area contributed by atoms with E-state index in [1.807, 2.05) is 36.4 Å². The first kappa shape index (κ1) is 32.4. The molecule has 6 rings (SSSR count). The van der Waals surface area contributed by atoms with Crippen molar-refractivity contribution < 1.29 is 38.5 Å². The summed E-state index contributed by atoms with van der Waals surface area (Å²) >= 11 is 0. The van der Waals surface area contributed by atoms with Crippen LogP contribution in [0.4, 0.5) is 0 Å². The van der Waals surface area contributed by atoms with Crippen molar-refractivity contribution >= 4 is 23.7 Å². The molecule has 7 atom stereocenters. The van der Waals surface area contributed by atoms with Gasteiger partial charge in [-0.25, -0.2) is 0 Å². The summed E-state index contributed by atoms with van der Waals surface area (Å²) in [6.07, 6.45) is 6.69. The summed E-state index contributed by atoms with van der Waals surface area (Å²) in [6, 6.07) is 7.70. The van der Waals surface area contributed by atoms with Crippen LogP contribution in [0, 0.1) is 11.8 Å². The smallest absolute Gasteiger partial charge is 0.313 e. The Bertz CT molecular complexity index is 1350. The Labute approximate surface area is 269 Å². The largest absolute Gasteiger partial charge is 0.460 e. The van der Waals surface area contributed by atoms with Gasteiger partial charge < -0.3 is 34.4 Å². The molecule has 5 aliphatic heterocycles. The number of allylic oxidation sites excluding steroid dienone is 1. The predicted molar refractivity (Wildman–Crippen MR) is 166 cm³/mol. The molecule has 12 nitrogen and oxygen atoms in total. The van der Waals surface area contributed by atoms with Gasteiger partial charge in [0.1, 0.15) is 23.7 Å². The van der Waals surface area contributed by atoms with Crippen molar-refractivity contribution in [1.29, 1.82) is 0 Å². The van der Waals surface area contributed by atoms with Gasteiger partial charge in [-0.1, -0.05) is 54.6 Å². The second-order valence-electron chi connectivity index (χ2n) is 12.8. The summed E-state index contributed by atoms with van der Waals surface area (Å²) in [6.45, 7) is 5.72. The van der Waals surface area contributed by atoms with E-state index in [0.29, 0.717) is 45.7 Å². The first-order valence-electron chi connectivity index (χ1n) is 16.4. The van der Waals surface area contributed by atoms with Gasteiger partial charge in [-0.05, 0) is 25.3 Å². The van der Waals surface area contributed by atoms with Crippen LogP contribution in [0.2, 0.25) is 0 Å². The highest BCUT2D eigenvalue weighted by Gasteiger charge is 2.72. The molecule has 5 heterocycles. The third kappa shape index (κ3) is 6.35. The molecule has 3 fully saturated rings. The van der Waals surface area contributed by atoms with Gasteiger partial charge in [-0.2, -0.15) is 0 Å². The van der Waals surface area contributed by atoms with Crippen molar-refractivity contribution in [2.75, 3.05) is 59.1 Å². The molecule has 3 saturated heterocycles. The number of hydrogen-bond donors (Lipinski definition) is 2. The number of carbonyl (C=O) groups is 4. The lowest BCUT2D eigenvalue weighted by molar-refractivity contribution is -0.159. The summed E-state index contributed by atoms with van der Waals surface area (Å²) in [4.78, 5) is 61.0. The molecule has 0 unspecified atom stereocenters. The maximum atomic E-state index is 14.7. The van der Waals surface area contributed by atoms with Crippen LogP contribution in [0.25, 0.3) is 0 Å². The summed E-state index contributed by atoms with van der Waals surface area (Å²) in [5, 5.41) is 13.5. The minimum atomic E-state index is -1.46. The van der Waals surface area contributed by atoms with E-state index in [2.05, 4.69) is 10.2 Å². The summed E-state index contributed by atoms with van der Waals surface area (Å²) in [5.41, 5.74) is -0.549. The monoisotopic (exact) mass is 636 g/mol. The Hall–Kier alpha value is -3.58. The molecule has 0 aromatic heterocycles. The molecule has 0 aliphatic carbocycles. The zero-order valence-corrected chi connectivity index (χ0v) is 26.3. The van der Waals surface area contributed by atoms with Crippen LogP contribution in [0.3, 0.4) is 0 Å². The van der Waals surface area contributed by atoms with Crippen LogP contribution in [-0.4, -0.2) is 132 Å². The molecule has 12 heteroatoms. The molecular formula is C34H44N4O8. The van der Waals surface area contributed by atoms with Gasteiger partial charge in [0.25, 0.3) is 0 Å². The number of rotatable bonds is 7. The first-order valence-corrected chi connectivity index (χ1v) is 16.4. The number of hydrogen-bond acceptors (Lipinski definition) is 9. The second-order valence-corrected chi connectivity index (χ2v) is 12.8. The van der Waals surface area contributed by atoms with E-state index in [9.17, 15) is 24.3 Å². The molecule has 0 bridgehead atoms. The van der Waals surface area contributed by atoms with Gasteiger partial charge in [-0.15, -0.1) is 0 Å². The van der Waals surface area contributed by atoms with Gasteiger partial charge >= 0.3 is 5.97 Å². The lowest BCUT2D eigenvalue weighted by Crippen LogP contribution is -2.59. The van der Waals surface area contributed by atoms with Crippen molar-refractivity contribution in [1.82, 2.24) is 20.0 Å². The minimum absolute atomic E-state index is 0.144. The Balaban J connectivity index is 1.38. The number of amides is 3. The number of carbonyl (C=O) groups excluding carboxylic acids is 4. The SMILES string of the molecule is C[C@@H]1CNC(=O)CC/C=C\[C@H]2O[C@]34C=CCN(CCN5CCOCC5)C(=O)[C@H]3N([C@@H](CO)Cc3ccccc3)C(=O)[C@@H]4[C@H]2C(=O)O1. The highest BCUT2D eigenvalue weighted by molar-refractivity contribution is 5.99. The van der Waals surface area contributed by atoms with E-state index in [1.54, 1.807) is 30.1 Å².